The number of halogens is 1. The van der Waals surface area contributed by atoms with Crippen molar-refractivity contribution in [2.75, 3.05) is 0 Å². The van der Waals surface area contributed by atoms with Crippen molar-refractivity contribution in [1.29, 1.82) is 0 Å². The zero-order valence-electron chi connectivity index (χ0n) is 2.38. The average molecular weight is 96.3 g/mol. The molecule has 0 N–H and O–H groups in total. The zero-order valence-corrected chi connectivity index (χ0v) is 6.26. The first-order chi connectivity index (χ1) is 0. The SMILES string of the molecule is [BH4-].[Cl-].[K+].[Li+]. The Kier molecular flexibility index (Phi) is 135. The van der Waals surface area contributed by atoms with Crippen LogP contribution in [0.4, 0.5) is 0 Å². The van der Waals surface area contributed by atoms with Gasteiger partial charge in [0.1, 0.15) is 0 Å². The molecule has 16 valence electrons. The minimum Gasteiger partial charge on any atom is -1.00 e. The fraction of sp³-hybridized carbons (Fsp3) is 0. The van der Waals surface area contributed by atoms with Crippen LogP contribution in [0.3, 0.4) is 0 Å². The van der Waals surface area contributed by atoms with Crippen molar-refractivity contribution >= 4 is 8.41 Å². The summed E-state index contributed by atoms with van der Waals surface area (Å²) in [5, 5.41) is 0. The Balaban J connectivity index is 0. The van der Waals surface area contributed by atoms with Crippen molar-refractivity contribution in [3.8, 4) is 0 Å². The van der Waals surface area contributed by atoms with E-state index in [0.29, 0.717) is 0 Å². The molecule has 0 radical (unpaired) electrons. The van der Waals surface area contributed by atoms with E-state index < -0.39 is 0 Å². The summed E-state index contributed by atoms with van der Waals surface area (Å²) in [6.45, 7) is 0. The second-order valence-corrected chi connectivity index (χ2v) is 0. The summed E-state index contributed by atoms with van der Waals surface area (Å²) in [6, 6.07) is 0. The molecule has 0 aliphatic heterocycles. The molecule has 0 unspecified atom stereocenters. The quantitative estimate of drug-likeness (QED) is 0.263. The van der Waals surface area contributed by atoms with Crippen LogP contribution < -0.4 is 82.7 Å². The second-order valence-electron chi connectivity index (χ2n) is 0. The molecule has 0 saturated heterocycles. The van der Waals surface area contributed by atoms with Gasteiger partial charge in [-0.05, 0) is 0 Å². The van der Waals surface area contributed by atoms with Gasteiger partial charge in [-0.3, -0.25) is 0 Å². The molecule has 0 fully saturated rings. The standard InChI is InChI=1S/BH4.ClH.K.Li/h1H4;1H;;/q-1;;2*+1/p-1. The maximum absolute atomic E-state index is 0. The van der Waals surface area contributed by atoms with Crippen molar-refractivity contribution in [1.82, 2.24) is 0 Å². The number of hydrogen-bond acceptors (Lipinski definition) is 0. The van der Waals surface area contributed by atoms with Gasteiger partial charge in [0.2, 0.25) is 0 Å². The van der Waals surface area contributed by atoms with E-state index >= 15 is 0 Å². The van der Waals surface area contributed by atoms with Crippen molar-refractivity contribution in [3.05, 3.63) is 0 Å². The van der Waals surface area contributed by atoms with Gasteiger partial charge in [0, 0.05) is 0 Å². The third kappa shape index (κ3) is 8.82. The molecule has 0 heterocycles. The van der Waals surface area contributed by atoms with Crippen LogP contribution in [0.1, 0.15) is 0 Å². The Labute approximate surface area is 89.1 Å². The Hall–Kier alpha value is 2.59. The number of hydrogen-bond donors (Lipinski definition) is 0. The molecule has 0 saturated carbocycles. The molecular formula is H4BClKLi. The van der Waals surface area contributed by atoms with Crippen LogP contribution in [0.5, 0.6) is 0 Å². The zero-order chi connectivity index (χ0) is 0. The molecule has 0 aromatic heterocycles. The third-order valence-electron chi connectivity index (χ3n) is 0. The summed E-state index contributed by atoms with van der Waals surface area (Å²) >= 11 is 0. The molecular weight excluding hydrogens is 92.3 g/mol. The minimum absolute atomic E-state index is 0. The largest absolute Gasteiger partial charge is 1.00 e. The molecule has 0 aliphatic rings. The number of rotatable bonds is 0. The average Bonchev–Trinajstić information content (AvgIpc) is 0. The van der Waals surface area contributed by atoms with Crippen LogP contribution in [0.2, 0.25) is 0 Å². The van der Waals surface area contributed by atoms with E-state index in [9.17, 15) is 0 Å². The van der Waals surface area contributed by atoms with Gasteiger partial charge in [-0.2, -0.15) is 0 Å². The molecule has 4 heteroatoms. The van der Waals surface area contributed by atoms with Crippen LogP contribution in [-0.4, -0.2) is 8.41 Å². The minimum atomic E-state index is 0. The monoisotopic (exact) mass is 96.0 g/mol. The maximum atomic E-state index is 0. The van der Waals surface area contributed by atoms with Crippen LogP contribution in [0.15, 0.2) is 0 Å². The molecule has 0 aromatic rings. The molecule has 0 atom stereocenters. The van der Waals surface area contributed by atoms with Crippen molar-refractivity contribution in [2.24, 2.45) is 0 Å². The molecule has 0 aliphatic carbocycles. The van der Waals surface area contributed by atoms with E-state index in [1.54, 1.807) is 0 Å². The van der Waals surface area contributed by atoms with Gasteiger partial charge in [0.15, 0.2) is 0 Å². The van der Waals surface area contributed by atoms with Crippen molar-refractivity contribution in [2.45, 2.75) is 0 Å². The summed E-state index contributed by atoms with van der Waals surface area (Å²) in [5.41, 5.74) is 0. The summed E-state index contributed by atoms with van der Waals surface area (Å²) < 4.78 is 0. The van der Waals surface area contributed by atoms with Crippen molar-refractivity contribution < 1.29 is 82.7 Å². The van der Waals surface area contributed by atoms with Crippen molar-refractivity contribution in [3.63, 3.8) is 0 Å². The first kappa shape index (κ1) is 30.7. The van der Waals surface area contributed by atoms with Crippen LogP contribution in [-0.2, 0) is 0 Å². The summed E-state index contributed by atoms with van der Waals surface area (Å²) in [7, 11) is 0. The van der Waals surface area contributed by atoms with E-state index in [0.717, 1.165) is 0 Å². The van der Waals surface area contributed by atoms with Crippen LogP contribution >= 0.6 is 0 Å². The Morgan fingerprint density at radius 2 is 1.00 bits per heavy atom. The molecule has 0 rings (SSSR count). The van der Waals surface area contributed by atoms with E-state index in [1.165, 1.54) is 0 Å². The van der Waals surface area contributed by atoms with Gasteiger partial charge in [-0.25, -0.2) is 0 Å². The van der Waals surface area contributed by atoms with E-state index in [-0.39, 0.29) is 91.1 Å². The Morgan fingerprint density at radius 3 is 1.00 bits per heavy atom. The van der Waals surface area contributed by atoms with E-state index in [1.807, 2.05) is 0 Å². The predicted octanol–water partition coefficient (Wildman–Crippen LogP) is -10.4. The smallest absolute Gasteiger partial charge is 1.00 e. The fourth-order valence-corrected chi connectivity index (χ4v) is 0. The molecule has 0 spiro atoms. The van der Waals surface area contributed by atoms with Gasteiger partial charge in [-0.15, -0.1) is 0 Å². The summed E-state index contributed by atoms with van der Waals surface area (Å²) in [4.78, 5) is 0. The third-order valence-corrected chi connectivity index (χ3v) is 0. The predicted molar refractivity (Wildman–Crippen MR) is 11.3 cm³/mol. The topological polar surface area (TPSA) is 0 Å². The van der Waals surface area contributed by atoms with E-state index in [4.69, 9.17) is 0 Å². The second kappa shape index (κ2) is 17.6. The summed E-state index contributed by atoms with van der Waals surface area (Å²) in [5.74, 6) is 0. The first-order valence-electron chi connectivity index (χ1n) is 0. The Morgan fingerprint density at radius 1 is 1.00 bits per heavy atom. The van der Waals surface area contributed by atoms with Gasteiger partial charge in [0.25, 0.3) is 0 Å². The molecule has 0 aromatic carbocycles. The summed E-state index contributed by atoms with van der Waals surface area (Å²) in [6.07, 6.45) is 0. The van der Waals surface area contributed by atoms with Crippen LogP contribution in [0.25, 0.3) is 0 Å². The van der Waals surface area contributed by atoms with Gasteiger partial charge in [0.05, 0.1) is 0 Å². The molecule has 0 nitrogen and oxygen atoms in total. The van der Waals surface area contributed by atoms with Gasteiger partial charge < -0.3 is 12.4 Å². The Bertz CT molecular complexity index is 8.00. The molecule has 0 amide bonds. The fourth-order valence-electron chi connectivity index (χ4n) is 0. The van der Waals surface area contributed by atoms with Crippen LogP contribution in [0, 0.1) is 0 Å². The first-order valence-corrected chi connectivity index (χ1v) is 0. The molecule has 4 heavy (non-hydrogen) atoms. The van der Waals surface area contributed by atoms with Gasteiger partial charge in [-0.1, -0.05) is 8.41 Å². The van der Waals surface area contributed by atoms with E-state index in [2.05, 4.69) is 0 Å². The van der Waals surface area contributed by atoms with Gasteiger partial charge >= 0.3 is 70.2 Å². The maximum Gasteiger partial charge on any atom is 1.00 e. The normalized spacial score (nSPS) is 0. The molecule has 0 bridgehead atoms.